The topological polar surface area (TPSA) is 66.8 Å². The van der Waals surface area contributed by atoms with Crippen molar-refractivity contribution in [3.8, 4) is 17.2 Å². The summed E-state index contributed by atoms with van der Waals surface area (Å²) >= 11 is 0. The Morgan fingerprint density at radius 2 is 1.62 bits per heavy atom. The molecule has 0 aliphatic rings. The van der Waals surface area contributed by atoms with Gasteiger partial charge in [-0.3, -0.25) is 4.79 Å². The molecule has 0 aliphatic heterocycles. The smallest absolute Gasteiger partial charge is 0.178 e. The summed E-state index contributed by atoms with van der Waals surface area (Å²) in [7, 11) is 1.49. The molecule has 2 N–H and O–H groups in total. The second kappa shape index (κ2) is 8.39. The van der Waals surface area contributed by atoms with Crippen molar-refractivity contribution >= 4 is 17.9 Å². The van der Waals surface area contributed by atoms with Gasteiger partial charge in [0, 0.05) is 0 Å². The average Bonchev–Trinajstić information content (AvgIpc) is 2.59. The molecule has 0 unspecified atom stereocenters. The lowest BCUT2D eigenvalue weighted by atomic mass is 10.1. The number of ketones is 1. The predicted molar refractivity (Wildman–Crippen MR) is 95.0 cm³/mol. The van der Waals surface area contributed by atoms with Crippen molar-refractivity contribution in [1.82, 2.24) is 0 Å². The molecule has 2 rings (SSSR count). The highest BCUT2D eigenvalue weighted by Crippen LogP contribution is 2.26. The number of rotatable bonds is 6. The lowest BCUT2D eigenvalue weighted by Gasteiger charge is -2.03. The number of allylic oxidation sites excluding steroid dienone is 4. The Kier molecular flexibility index (Phi) is 5.97. The zero-order valence-electron chi connectivity index (χ0n) is 13.2. The van der Waals surface area contributed by atoms with E-state index in [9.17, 15) is 15.0 Å². The summed E-state index contributed by atoms with van der Waals surface area (Å²) in [5, 5.41) is 18.7. The number of hydrogen-bond acceptors (Lipinski definition) is 4. The van der Waals surface area contributed by atoms with E-state index in [0.717, 1.165) is 11.1 Å². The minimum atomic E-state index is -0.143. The molecule has 4 heteroatoms. The highest BCUT2D eigenvalue weighted by Gasteiger charge is 1.99. The van der Waals surface area contributed by atoms with E-state index in [-0.39, 0.29) is 17.3 Å². The number of phenolic OH excluding ortho intramolecular Hbond substituents is 2. The second-order valence-electron chi connectivity index (χ2n) is 4.98. The molecule has 0 bridgehead atoms. The maximum Gasteiger partial charge on any atom is 0.178 e. The van der Waals surface area contributed by atoms with Gasteiger partial charge in [-0.2, -0.15) is 0 Å². The summed E-state index contributed by atoms with van der Waals surface area (Å²) < 4.78 is 5.03. The summed E-state index contributed by atoms with van der Waals surface area (Å²) in [4.78, 5) is 11.7. The molecule has 0 fully saturated rings. The highest BCUT2D eigenvalue weighted by atomic mass is 16.5. The van der Waals surface area contributed by atoms with Gasteiger partial charge < -0.3 is 14.9 Å². The Balaban J connectivity index is 1.93. The van der Waals surface area contributed by atoms with Crippen LogP contribution in [0, 0.1) is 0 Å². The molecule has 2 aromatic rings. The van der Waals surface area contributed by atoms with E-state index in [0.29, 0.717) is 5.75 Å². The first-order valence-corrected chi connectivity index (χ1v) is 7.31. The van der Waals surface area contributed by atoms with Crippen molar-refractivity contribution in [2.24, 2.45) is 0 Å². The van der Waals surface area contributed by atoms with E-state index >= 15 is 0 Å². The highest BCUT2D eigenvalue weighted by molar-refractivity contribution is 6.02. The minimum absolute atomic E-state index is 0.0831. The molecule has 0 saturated carbocycles. The molecular weight excluding hydrogens is 304 g/mol. The molecule has 0 heterocycles. The first kappa shape index (κ1) is 17.1. The van der Waals surface area contributed by atoms with Gasteiger partial charge in [-0.1, -0.05) is 42.5 Å². The second-order valence-corrected chi connectivity index (χ2v) is 4.98. The van der Waals surface area contributed by atoms with Crippen LogP contribution in [0.1, 0.15) is 11.1 Å². The first-order valence-electron chi connectivity index (χ1n) is 7.31. The van der Waals surface area contributed by atoms with Gasteiger partial charge in [-0.25, -0.2) is 0 Å². The van der Waals surface area contributed by atoms with Crippen LogP contribution in [-0.2, 0) is 4.79 Å². The third-order valence-corrected chi connectivity index (χ3v) is 3.20. The number of ether oxygens (including phenoxy) is 1. The molecular formula is C20H18O4. The normalized spacial score (nSPS) is 11.5. The van der Waals surface area contributed by atoms with Crippen LogP contribution in [0.3, 0.4) is 0 Å². The average molecular weight is 322 g/mol. The predicted octanol–water partition coefficient (Wildman–Crippen LogP) is 3.96. The maximum atomic E-state index is 11.7. The summed E-state index contributed by atoms with van der Waals surface area (Å²) in [5.41, 5.74) is 1.68. The lowest BCUT2D eigenvalue weighted by Crippen LogP contribution is -1.84. The Labute approximate surface area is 140 Å². The number of carbonyl (C=O) groups is 1. The Bertz CT molecular complexity index is 784. The number of phenols is 2. The molecule has 122 valence electrons. The van der Waals surface area contributed by atoms with Crippen molar-refractivity contribution in [1.29, 1.82) is 0 Å². The fraction of sp³-hybridized carbons (Fsp3) is 0.0500. The summed E-state index contributed by atoms with van der Waals surface area (Å²) in [6.45, 7) is 0. The summed E-state index contributed by atoms with van der Waals surface area (Å²) in [5.74, 6) is 0.527. The molecule has 0 radical (unpaired) electrons. The van der Waals surface area contributed by atoms with Crippen LogP contribution in [-0.4, -0.2) is 23.1 Å². The maximum absolute atomic E-state index is 11.7. The zero-order valence-corrected chi connectivity index (χ0v) is 13.2. The Hall–Kier alpha value is -3.27. The minimum Gasteiger partial charge on any atom is -0.508 e. The first-order chi connectivity index (χ1) is 11.6. The zero-order chi connectivity index (χ0) is 17.4. The van der Waals surface area contributed by atoms with Crippen molar-refractivity contribution < 1.29 is 19.7 Å². The van der Waals surface area contributed by atoms with Gasteiger partial charge >= 0.3 is 0 Å². The molecule has 0 spiro atoms. The lowest BCUT2D eigenvalue weighted by molar-refractivity contribution is -0.110. The van der Waals surface area contributed by atoms with Gasteiger partial charge in [0.2, 0.25) is 0 Å². The van der Waals surface area contributed by atoms with Gasteiger partial charge in [0.15, 0.2) is 17.3 Å². The van der Waals surface area contributed by atoms with E-state index in [1.165, 1.54) is 19.3 Å². The van der Waals surface area contributed by atoms with E-state index in [1.807, 2.05) is 0 Å². The van der Waals surface area contributed by atoms with Crippen LogP contribution < -0.4 is 4.74 Å². The quantitative estimate of drug-likeness (QED) is 0.624. The standard InChI is InChI=1S/C20H18O4/c1-24-20-14-16(9-13-19(20)23)4-2-3-5-17(21)10-6-15-7-11-18(22)12-8-15/h2-14,22-23H,1H3. The van der Waals surface area contributed by atoms with Crippen LogP contribution in [0.2, 0.25) is 0 Å². The Morgan fingerprint density at radius 3 is 2.33 bits per heavy atom. The molecule has 0 aliphatic carbocycles. The molecule has 4 nitrogen and oxygen atoms in total. The van der Waals surface area contributed by atoms with Crippen LogP contribution in [0.25, 0.3) is 12.2 Å². The van der Waals surface area contributed by atoms with Crippen LogP contribution in [0.15, 0.2) is 66.8 Å². The molecule has 0 amide bonds. The number of aromatic hydroxyl groups is 2. The van der Waals surface area contributed by atoms with Crippen LogP contribution >= 0.6 is 0 Å². The number of methoxy groups -OCH3 is 1. The van der Waals surface area contributed by atoms with Crippen molar-refractivity contribution in [2.75, 3.05) is 7.11 Å². The van der Waals surface area contributed by atoms with Gasteiger partial charge in [0.05, 0.1) is 7.11 Å². The van der Waals surface area contributed by atoms with E-state index < -0.39 is 0 Å². The van der Waals surface area contributed by atoms with Crippen molar-refractivity contribution in [2.45, 2.75) is 0 Å². The van der Waals surface area contributed by atoms with Gasteiger partial charge in [-0.05, 0) is 47.5 Å². The molecule has 2 aromatic carbocycles. The number of hydrogen-bond donors (Lipinski definition) is 2. The van der Waals surface area contributed by atoms with Crippen LogP contribution in [0.5, 0.6) is 17.2 Å². The molecule has 0 saturated heterocycles. The van der Waals surface area contributed by atoms with E-state index in [4.69, 9.17) is 4.74 Å². The number of carbonyl (C=O) groups excluding carboxylic acids is 1. The third kappa shape index (κ3) is 5.18. The summed E-state index contributed by atoms with van der Waals surface area (Å²) in [6, 6.07) is 11.6. The van der Waals surface area contributed by atoms with Crippen LogP contribution in [0.4, 0.5) is 0 Å². The molecule has 0 aromatic heterocycles. The monoisotopic (exact) mass is 322 g/mol. The van der Waals surface area contributed by atoms with Gasteiger partial charge in [0.25, 0.3) is 0 Å². The Morgan fingerprint density at radius 1 is 0.917 bits per heavy atom. The van der Waals surface area contributed by atoms with E-state index in [1.54, 1.807) is 66.8 Å². The van der Waals surface area contributed by atoms with Gasteiger partial charge in [0.1, 0.15) is 5.75 Å². The third-order valence-electron chi connectivity index (χ3n) is 3.20. The molecule has 0 atom stereocenters. The fourth-order valence-electron chi connectivity index (χ4n) is 1.93. The number of benzene rings is 2. The SMILES string of the molecule is COc1cc(C=CC=CC(=O)C=Cc2ccc(O)cc2)ccc1O. The summed E-state index contributed by atoms with van der Waals surface area (Å²) in [6.07, 6.45) is 9.77. The van der Waals surface area contributed by atoms with E-state index in [2.05, 4.69) is 0 Å². The van der Waals surface area contributed by atoms with Crippen molar-refractivity contribution in [3.63, 3.8) is 0 Å². The molecule has 24 heavy (non-hydrogen) atoms. The van der Waals surface area contributed by atoms with Crippen molar-refractivity contribution in [3.05, 3.63) is 77.9 Å². The van der Waals surface area contributed by atoms with Gasteiger partial charge in [-0.15, -0.1) is 0 Å². The fourth-order valence-corrected chi connectivity index (χ4v) is 1.93. The largest absolute Gasteiger partial charge is 0.508 e.